The van der Waals surface area contributed by atoms with E-state index in [1.807, 2.05) is 62.4 Å². The highest BCUT2D eigenvalue weighted by atomic mass is 16.5. The average molecular weight is 421 g/mol. The Morgan fingerprint density at radius 3 is 2.52 bits per heavy atom. The Labute approximate surface area is 182 Å². The van der Waals surface area contributed by atoms with Crippen LogP contribution in [0.3, 0.4) is 0 Å². The molecule has 1 heterocycles. The normalized spacial score (nSPS) is 13.3. The zero-order valence-electron chi connectivity index (χ0n) is 18.3. The second kappa shape index (κ2) is 8.84. The molecular formula is C25H28N2O4. The lowest BCUT2D eigenvalue weighted by atomic mass is 10.1. The molecule has 0 atom stereocenters. The summed E-state index contributed by atoms with van der Waals surface area (Å²) >= 11 is 0. The Morgan fingerprint density at radius 1 is 1.13 bits per heavy atom. The van der Waals surface area contributed by atoms with Crippen molar-refractivity contribution >= 4 is 22.8 Å². The van der Waals surface area contributed by atoms with E-state index in [0.717, 1.165) is 35.0 Å². The number of amides is 1. The van der Waals surface area contributed by atoms with Gasteiger partial charge in [-0.15, -0.1) is 0 Å². The van der Waals surface area contributed by atoms with Crippen molar-refractivity contribution in [1.29, 1.82) is 0 Å². The molecule has 6 nitrogen and oxygen atoms in total. The zero-order chi connectivity index (χ0) is 22.0. The van der Waals surface area contributed by atoms with Gasteiger partial charge in [-0.2, -0.15) is 0 Å². The Balaban J connectivity index is 1.53. The van der Waals surface area contributed by atoms with E-state index in [9.17, 15) is 9.59 Å². The van der Waals surface area contributed by atoms with E-state index in [2.05, 4.69) is 4.57 Å². The van der Waals surface area contributed by atoms with E-state index in [4.69, 9.17) is 9.47 Å². The van der Waals surface area contributed by atoms with Crippen molar-refractivity contribution in [2.75, 3.05) is 20.3 Å². The van der Waals surface area contributed by atoms with Crippen LogP contribution in [-0.2, 0) is 16.1 Å². The molecule has 4 rings (SSSR count). The van der Waals surface area contributed by atoms with Gasteiger partial charge in [0.1, 0.15) is 5.75 Å². The molecule has 31 heavy (non-hydrogen) atoms. The number of methoxy groups -OCH3 is 1. The maximum atomic E-state index is 13.1. The number of benzene rings is 2. The first-order valence-corrected chi connectivity index (χ1v) is 10.7. The number of likely N-dealkylation sites (N-methyl/N-ethyl adjacent to an activating group) is 1. The van der Waals surface area contributed by atoms with Crippen LogP contribution in [0.25, 0.3) is 10.9 Å². The molecule has 1 aliphatic rings. The molecule has 6 heteroatoms. The summed E-state index contributed by atoms with van der Waals surface area (Å²) in [4.78, 5) is 27.5. The maximum absolute atomic E-state index is 13.1. The largest absolute Gasteiger partial charge is 0.497 e. The number of carbonyl (C=O) groups is 2. The molecule has 1 amide bonds. The lowest BCUT2D eigenvalue weighted by Crippen LogP contribution is -2.34. The van der Waals surface area contributed by atoms with Crippen molar-refractivity contribution in [3.8, 4) is 5.75 Å². The molecule has 0 radical (unpaired) electrons. The van der Waals surface area contributed by atoms with Crippen molar-refractivity contribution in [2.45, 2.75) is 39.3 Å². The first kappa shape index (κ1) is 21.0. The van der Waals surface area contributed by atoms with Crippen molar-refractivity contribution in [3.05, 3.63) is 65.4 Å². The number of rotatable bonds is 8. The Bertz CT molecular complexity index is 1100. The quantitative estimate of drug-likeness (QED) is 0.504. The van der Waals surface area contributed by atoms with Gasteiger partial charge in [0.2, 0.25) is 0 Å². The van der Waals surface area contributed by atoms with Crippen LogP contribution in [0, 0.1) is 6.92 Å². The van der Waals surface area contributed by atoms with E-state index in [0.29, 0.717) is 30.4 Å². The van der Waals surface area contributed by atoms with Gasteiger partial charge in [-0.05, 0) is 50.5 Å². The van der Waals surface area contributed by atoms with Gasteiger partial charge in [0.25, 0.3) is 5.91 Å². The molecule has 2 aromatic carbocycles. The number of carbonyl (C=O) groups excluding carboxylic acids is 2. The zero-order valence-corrected chi connectivity index (χ0v) is 18.3. The van der Waals surface area contributed by atoms with Crippen LogP contribution in [-0.4, -0.2) is 41.6 Å². The fraction of sp³-hybridized carbons (Fsp3) is 0.360. The van der Waals surface area contributed by atoms with Gasteiger partial charge in [0, 0.05) is 35.7 Å². The van der Waals surface area contributed by atoms with Crippen LogP contribution in [0.15, 0.2) is 48.5 Å². The number of ether oxygens (including phenoxy) is 2. The first-order chi connectivity index (χ1) is 15.0. The molecule has 1 fully saturated rings. The van der Waals surface area contributed by atoms with Crippen LogP contribution >= 0.6 is 0 Å². The molecular weight excluding hydrogens is 392 g/mol. The third-order valence-corrected chi connectivity index (χ3v) is 5.85. The highest BCUT2D eigenvalue weighted by molar-refractivity contribution is 6.07. The fourth-order valence-corrected chi connectivity index (χ4v) is 4.08. The predicted octanol–water partition coefficient (Wildman–Crippen LogP) is 4.50. The predicted molar refractivity (Wildman–Crippen MR) is 119 cm³/mol. The lowest BCUT2D eigenvalue weighted by Gasteiger charge is -2.21. The minimum absolute atomic E-state index is 0.208. The summed E-state index contributed by atoms with van der Waals surface area (Å²) in [6.07, 6.45) is 2.21. The number of hydrogen-bond acceptors (Lipinski definition) is 4. The van der Waals surface area contributed by atoms with Crippen LogP contribution in [0.4, 0.5) is 0 Å². The lowest BCUT2D eigenvalue weighted by molar-refractivity contribution is -0.134. The van der Waals surface area contributed by atoms with Gasteiger partial charge in [-0.25, -0.2) is 4.79 Å². The van der Waals surface area contributed by atoms with E-state index < -0.39 is 5.97 Å². The van der Waals surface area contributed by atoms with Gasteiger partial charge >= 0.3 is 5.97 Å². The molecule has 0 N–H and O–H groups in total. The molecule has 162 valence electrons. The third-order valence-electron chi connectivity index (χ3n) is 5.85. The maximum Gasteiger partial charge on any atom is 0.341 e. The highest BCUT2D eigenvalue weighted by Crippen LogP contribution is 2.42. The van der Waals surface area contributed by atoms with Crippen molar-refractivity contribution in [3.63, 3.8) is 0 Å². The standard InChI is InChI=1S/C25H28N2O4/c1-4-26(15-18-8-6-5-7-9-18)23(28)16-31-25(29)24-17(2)27(19-10-11-19)22-13-12-20(30-3)14-21(22)24/h5-9,12-14,19H,4,10-11,15-16H2,1-3H3. The Kier molecular flexibility index (Phi) is 5.98. The monoisotopic (exact) mass is 420 g/mol. The van der Waals surface area contributed by atoms with Crippen LogP contribution in [0.2, 0.25) is 0 Å². The molecule has 3 aromatic rings. The number of nitrogens with zero attached hydrogens (tertiary/aromatic N) is 2. The van der Waals surface area contributed by atoms with Gasteiger partial charge in [0.15, 0.2) is 6.61 Å². The van der Waals surface area contributed by atoms with E-state index in [1.54, 1.807) is 12.0 Å². The summed E-state index contributed by atoms with van der Waals surface area (Å²) in [6, 6.07) is 16.0. The smallest absolute Gasteiger partial charge is 0.341 e. The van der Waals surface area contributed by atoms with Crippen molar-refractivity contribution in [2.24, 2.45) is 0 Å². The van der Waals surface area contributed by atoms with Gasteiger partial charge < -0.3 is 18.9 Å². The molecule has 0 spiro atoms. The number of aromatic nitrogens is 1. The number of hydrogen-bond donors (Lipinski definition) is 0. The van der Waals surface area contributed by atoms with Gasteiger partial charge in [-0.3, -0.25) is 4.79 Å². The number of fused-ring (bicyclic) bond motifs is 1. The summed E-state index contributed by atoms with van der Waals surface area (Å²) in [5.74, 6) is 0.00530. The van der Waals surface area contributed by atoms with Crippen LogP contribution in [0.5, 0.6) is 5.75 Å². The molecule has 1 aromatic heterocycles. The summed E-state index contributed by atoms with van der Waals surface area (Å²) in [5.41, 5.74) is 3.43. The molecule has 1 saturated carbocycles. The number of esters is 1. The topological polar surface area (TPSA) is 60.8 Å². The molecule has 0 unspecified atom stereocenters. The van der Waals surface area contributed by atoms with Crippen LogP contribution < -0.4 is 4.74 Å². The van der Waals surface area contributed by atoms with E-state index in [1.165, 1.54) is 0 Å². The van der Waals surface area contributed by atoms with Gasteiger partial charge in [-0.1, -0.05) is 30.3 Å². The second-order valence-electron chi connectivity index (χ2n) is 7.91. The van der Waals surface area contributed by atoms with Crippen molar-refractivity contribution < 1.29 is 19.1 Å². The third kappa shape index (κ3) is 4.29. The SMILES string of the molecule is CCN(Cc1ccccc1)C(=O)COC(=O)c1c(C)n(C2CC2)c2ccc(OC)cc12. The fourth-order valence-electron chi connectivity index (χ4n) is 4.08. The van der Waals surface area contributed by atoms with Gasteiger partial charge in [0.05, 0.1) is 12.7 Å². The van der Waals surface area contributed by atoms with Crippen LogP contribution in [0.1, 0.15) is 47.4 Å². The van der Waals surface area contributed by atoms with E-state index in [-0.39, 0.29) is 12.5 Å². The molecule has 0 aliphatic heterocycles. The average Bonchev–Trinajstić information content (AvgIpc) is 3.58. The summed E-state index contributed by atoms with van der Waals surface area (Å²) in [6.45, 7) is 4.62. The Morgan fingerprint density at radius 2 is 1.87 bits per heavy atom. The molecule has 0 saturated heterocycles. The minimum atomic E-state index is -0.473. The molecule has 1 aliphatic carbocycles. The van der Waals surface area contributed by atoms with E-state index >= 15 is 0 Å². The summed E-state index contributed by atoms with van der Waals surface area (Å²) in [5, 5.41) is 0.804. The molecule has 0 bridgehead atoms. The highest BCUT2D eigenvalue weighted by Gasteiger charge is 2.31. The summed E-state index contributed by atoms with van der Waals surface area (Å²) < 4.78 is 13.1. The Hall–Kier alpha value is -3.28. The second-order valence-corrected chi connectivity index (χ2v) is 7.91. The first-order valence-electron chi connectivity index (χ1n) is 10.7. The minimum Gasteiger partial charge on any atom is -0.497 e. The van der Waals surface area contributed by atoms with Crippen molar-refractivity contribution in [1.82, 2.24) is 9.47 Å². The summed E-state index contributed by atoms with van der Waals surface area (Å²) in [7, 11) is 1.61.